The van der Waals surface area contributed by atoms with Crippen molar-refractivity contribution in [2.75, 3.05) is 7.11 Å². The minimum absolute atomic E-state index is 0.0821. The number of nitrogens with one attached hydrogen (secondary N) is 1. The van der Waals surface area contributed by atoms with E-state index in [0.717, 1.165) is 0 Å². The van der Waals surface area contributed by atoms with E-state index in [1.807, 2.05) is 40.0 Å². The van der Waals surface area contributed by atoms with Gasteiger partial charge in [-0.3, -0.25) is 14.3 Å². The predicted octanol–water partition coefficient (Wildman–Crippen LogP) is 1.54. The summed E-state index contributed by atoms with van der Waals surface area (Å²) in [6, 6.07) is 1.31. The minimum atomic E-state index is -2.45. The molecule has 1 N–H and O–H groups in total. The summed E-state index contributed by atoms with van der Waals surface area (Å²) < 4.78 is 25.3. The van der Waals surface area contributed by atoms with Gasteiger partial charge in [0, 0.05) is 25.3 Å². The van der Waals surface area contributed by atoms with E-state index in [1.54, 1.807) is 7.11 Å². The Bertz CT molecular complexity index is 716. The Morgan fingerprint density at radius 1 is 1.16 bits per heavy atom. The molecular weight excluding hydrogens is 360 g/mol. The second-order valence-electron chi connectivity index (χ2n) is 7.30. The fourth-order valence-corrected chi connectivity index (χ4v) is 9.47. The average Bonchev–Trinajstić information content (AvgIpc) is 2.74. The monoisotopic (exact) mass is 388 g/mol. The van der Waals surface area contributed by atoms with Crippen LogP contribution in [0.1, 0.15) is 20.1 Å². The van der Waals surface area contributed by atoms with Crippen LogP contribution in [-0.2, 0) is 17.7 Å². The second kappa shape index (κ2) is 7.29. The van der Waals surface area contributed by atoms with Crippen molar-refractivity contribution >= 4 is 17.1 Å². The van der Waals surface area contributed by atoms with E-state index in [1.165, 1.54) is 16.8 Å². The minimum Gasteiger partial charge on any atom is -0.415 e. The second-order valence-corrected chi connectivity index (χ2v) is 14.4. The van der Waals surface area contributed by atoms with Gasteiger partial charge in [-0.2, -0.15) is 0 Å². The fraction of sp³-hybridized carbons (Fsp3) is 0.733. The van der Waals surface area contributed by atoms with Gasteiger partial charge < -0.3 is 17.7 Å². The van der Waals surface area contributed by atoms with Crippen molar-refractivity contribution in [2.45, 2.75) is 58.5 Å². The van der Waals surface area contributed by atoms with E-state index in [2.05, 4.69) is 4.98 Å². The molecule has 2 heterocycles. The van der Waals surface area contributed by atoms with Crippen LogP contribution in [0.2, 0.25) is 26.2 Å². The third-order valence-electron chi connectivity index (χ3n) is 4.31. The lowest BCUT2D eigenvalue weighted by Gasteiger charge is -2.35. The first-order chi connectivity index (χ1) is 11.5. The Labute approximate surface area is 149 Å². The number of hydrogen-bond donors (Lipinski definition) is 1. The van der Waals surface area contributed by atoms with Crippen molar-refractivity contribution in [3.8, 4) is 0 Å². The van der Waals surface area contributed by atoms with Gasteiger partial charge in [-0.1, -0.05) is 6.92 Å². The van der Waals surface area contributed by atoms with Gasteiger partial charge >= 0.3 is 22.8 Å². The van der Waals surface area contributed by atoms with Gasteiger partial charge in [-0.05, 0) is 33.1 Å². The number of rotatable bonds is 6. The summed E-state index contributed by atoms with van der Waals surface area (Å²) in [5, 5.41) is 0. The normalized spacial score (nSPS) is 27.6. The molecule has 0 spiro atoms. The molecule has 1 unspecified atom stereocenters. The maximum atomic E-state index is 12.1. The topological polar surface area (TPSA) is 91.8 Å². The first-order valence-corrected chi connectivity index (χ1v) is 14.0. The molecule has 0 aliphatic carbocycles. The van der Waals surface area contributed by atoms with Crippen LogP contribution in [0.3, 0.4) is 0 Å². The van der Waals surface area contributed by atoms with Gasteiger partial charge in [-0.15, -0.1) is 0 Å². The summed E-state index contributed by atoms with van der Waals surface area (Å²) in [5.74, 6) is -0.0821. The lowest BCUT2D eigenvalue weighted by molar-refractivity contribution is -0.0143. The van der Waals surface area contributed by atoms with Gasteiger partial charge in [0.2, 0.25) is 0 Å². The zero-order valence-electron chi connectivity index (χ0n) is 15.9. The number of ether oxygens (including phenoxy) is 1. The first-order valence-electron chi connectivity index (χ1n) is 8.36. The van der Waals surface area contributed by atoms with Crippen LogP contribution in [0.5, 0.6) is 0 Å². The van der Waals surface area contributed by atoms with E-state index in [9.17, 15) is 9.59 Å². The Hall–Kier alpha value is -1.05. The third kappa shape index (κ3) is 4.77. The molecule has 0 amide bonds. The van der Waals surface area contributed by atoms with E-state index in [0.29, 0.717) is 0 Å². The molecule has 0 aromatic carbocycles. The van der Waals surface area contributed by atoms with Crippen LogP contribution in [0, 0.1) is 5.92 Å². The standard InChI is InChI=1S/C15H28N2O6Si2/c1-10-13(22-25(6,7)23-24(4,5)20-3)11(2)21-14(10)17-9-8-12(18)16-15(17)19/h8-11,13-14H,1-7H3,(H,16,18,19)/t10-,11-,13+,14?/m1/s1. The zero-order valence-corrected chi connectivity index (χ0v) is 17.9. The zero-order chi connectivity index (χ0) is 19.0. The van der Waals surface area contributed by atoms with Crippen LogP contribution in [-0.4, -0.2) is 46.0 Å². The fourth-order valence-electron chi connectivity index (χ4n) is 3.15. The molecule has 1 aromatic heterocycles. The van der Waals surface area contributed by atoms with E-state index in [4.69, 9.17) is 17.7 Å². The highest BCUT2D eigenvalue weighted by Gasteiger charge is 2.46. The molecule has 1 saturated heterocycles. The van der Waals surface area contributed by atoms with Gasteiger partial charge in [0.05, 0.1) is 12.2 Å². The molecule has 0 bridgehead atoms. The first kappa shape index (κ1) is 20.3. The van der Waals surface area contributed by atoms with Crippen LogP contribution in [0.25, 0.3) is 0 Å². The van der Waals surface area contributed by atoms with Crippen molar-refractivity contribution < 1.29 is 17.7 Å². The molecule has 8 nitrogen and oxygen atoms in total. The molecule has 0 radical (unpaired) electrons. The highest BCUT2D eigenvalue weighted by atomic mass is 28.5. The number of H-pyrrole nitrogens is 1. The van der Waals surface area contributed by atoms with Crippen molar-refractivity contribution in [1.29, 1.82) is 0 Å². The van der Waals surface area contributed by atoms with Crippen LogP contribution in [0.15, 0.2) is 21.9 Å². The summed E-state index contributed by atoms with van der Waals surface area (Å²) in [6.07, 6.45) is 0.535. The predicted molar refractivity (Wildman–Crippen MR) is 98.0 cm³/mol. The largest absolute Gasteiger partial charge is 0.415 e. The summed E-state index contributed by atoms with van der Waals surface area (Å²) in [7, 11) is -3.02. The molecule has 1 aliphatic rings. The van der Waals surface area contributed by atoms with Crippen molar-refractivity contribution in [3.63, 3.8) is 0 Å². The van der Waals surface area contributed by atoms with E-state index in [-0.39, 0.29) is 18.1 Å². The van der Waals surface area contributed by atoms with Crippen molar-refractivity contribution in [2.24, 2.45) is 5.92 Å². The highest BCUT2D eigenvalue weighted by molar-refractivity contribution is 6.78. The van der Waals surface area contributed by atoms with Gasteiger partial charge in [0.25, 0.3) is 5.56 Å². The number of hydrogen-bond acceptors (Lipinski definition) is 6. The number of aromatic amines is 1. The van der Waals surface area contributed by atoms with Crippen LogP contribution >= 0.6 is 0 Å². The van der Waals surface area contributed by atoms with Gasteiger partial charge in [0.15, 0.2) is 0 Å². The molecule has 1 fully saturated rings. The van der Waals surface area contributed by atoms with E-state index >= 15 is 0 Å². The number of aromatic nitrogens is 2. The molecule has 4 atom stereocenters. The van der Waals surface area contributed by atoms with Crippen molar-refractivity contribution in [1.82, 2.24) is 9.55 Å². The Balaban J connectivity index is 2.18. The summed E-state index contributed by atoms with van der Waals surface area (Å²) >= 11 is 0. The van der Waals surface area contributed by atoms with Crippen LogP contribution in [0.4, 0.5) is 0 Å². The highest BCUT2D eigenvalue weighted by Crippen LogP contribution is 2.37. The SMILES string of the molecule is CO[Si](C)(C)O[Si](C)(C)O[C@@H]1[C@@H](C)OC(n2ccc(=O)[nH]c2=O)[C@@H]1C. The third-order valence-corrected chi connectivity index (χ3v) is 10.1. The van der Waals surface area contributed by atoms with Crippen molar-refractivity contribution in [3.05, 3.63) is 33.1 Å². The molecule has 1 aliphatic heterocycles. The Morgan fingerprint density at radius 2 is 1.80 bits per heavy atom. The van der Waals surface area contributed by atoms with Gasteiger partial charge in [0.1, 0.15) is 6.23 Å². The molecule has 2 rings (SSSR count). The molecule has 0 saturated carbocycles. The lowest BCUT2D eigenvalue weighted by Crippen LogP contribution is -2.51. The maximum absolute atomic E-state index is 12.1. The quantitative estimate of drug-likeness (QED) is 0.743. The summed E-state index contributed by atoms with van der Waals surface area (Å²) in [5.41, 5.74) is -0.917. The lowest BCUT2D eigenvalue weighted by atomic mass is 10.0. The molecule has 10 heteroatoms. The number of nitrogens with zero attached hydrogens (tertiary/aromatic N) is 1. The Kier molecular flexibility index (Phi) is 5.91. The molecular formula is C15H28N2O6Si2. The van der Waals surface area contributed by atoms with Crippen LogP contribution < -0.4 is 11.2 Å². The molecule has 142 valence electrons. The maximum Gasteiger partial charge on any atom is 0.330 e. The summed E-state index contributed by atoms with van der Waals surface area (Å²) in [6.45, 7) is 11.8. The van der Waals surface area contributed by atoms with Gasteiger partial charge in [-0.25, -0.2) is 4.79 Å². The summed E-state index contributed by atoms with van der Waals surface area (Å²) in [4.78, 5) is 25.6. The Morgan fingerprint density at radius 3 is 2.36 bits per heavy atom. The van der Waals surface area contributed by atoms with E-state index < -0.39 is 34.6 Å². The average molecular weight is 389 g/mol. The molecule has 1 aromatic rings. The smallest absolute Gasteiger partial charge is 0.330 e. The molecule has 25 heavy (non-hydrogen) atoms.